The van der Waals surface area contributed by atoms with E-state index in [1.54, 1.807) is 29.4 Å². The Kier molecular flexibility index (Phi) is 4.20. The quantitative estimate of drug-likeness (QED) is 0.787. The topological polar surface area (TPSA) is 71.2 Å². The number of aromatic nitrogens is 3. The van der Waals surface area contributed by atoms with Gasteiger partial charge in [-0.3, -0.25) is 14.8 Å². The van der Waals surface area contributed by atoms with Crippen LogP contribution in [0.2, 0.25) is 0 Å². The van der Waals surface area contributed by atoms with Crippen LogP contribution in [0.1, 0.15) is 29.0 Å². The number of rotatable bonds is 3. The molecule has 0 atom stereocenters. The summed E-state index contributed by atoms with van der Waals surface area (Å²) in [4.78, 5) is 22.6. The van der Waals surface area contributed by atoms with Crippen LogP contribution in [0.25, 0.3) is 10.9 Å². The molecule has 6 nitrogen and oxygen atoms in total. The zero-order valence-electron chi connectivity index (χ0n) is 14.8. The van der Waals surface area contributed by atoms with Gasteiger partial charge in [-0.05, 0) is 44.0 Å². The summed E-state index contributed by atoms with van der Waals surface area (Å²) in [7, 11) is 0. The first-order chi connectivity index (χ1) is 12.6. The number of amides is 1. The maximum Gasteiger partial charge on any atom is 0.272 e. The molecule has 6 heteroatoms. The molecule has 3 aromatic heterocycles. The Bertz CT molecular complexity index is 927. The molecular formula is C20H22N4O2. The van der Waals surface area contributed by atoms with Crippen molar-refractivity contribution in [2.45, 2.75) is 31.9 Å². The van der Waals surface area contributed by atoms with E-state index in [0.29, 0.717) is 38.2 Å². The van der Waals surface area contributed by atoms with Crippen molar-refractivity contribution in [1.82, 2.24) is 19.4 Å². The molecule has 1 fully saturated rings. The average Bonchev–Trinajstić information content (AvgIpc) is 2.98. The third kappa shape index (κ3) is 3.08. The predicted octanol–water partition coefficient (Wildman–Crippen LogP) is 2.41. The Morgan fingerprint density at radius 2 is 2.04 bits per heavy atom. The van der Waals surface area contributed by atoms with Crippen LogP contribution < -0.4 is 0 Å². The maximum absolute atomic E-state index is 12.5. The molecular weight excluding hydrogens is 328 g/mol. The van der Waals surface area contributed by atoms with Crippen molar-refractivity contribution in [3.63, 3.8) is 0 Å². The van der Waals surface area contributed by atoms with Crippen molar-refractivity contribution in [3.05, 3.63) is 60.3 Å². The normalized spacial score (nSPS) is 16.8. The van der Waals surface area contributed by atoms with E-state index in [-0.39, 0.29) is 5.91 Å². The van der Waals surface area contributed by atoms with Gasteiger partial charge in [-0.25, -0.2) is 0 Å². The molecule has 4 rings (SSSR count). The second kappa shape index (κ2) is 6.53. The van der Waals surface area contributed by atoms with E-state index in [4.69, 9.17) is 0 Å². The molecule has 4 heterocycles. The Balaban J connectivity index is 1.48. The molecule has 1 N–H and O–H groups in total. The fraction of sp³-hybridized carbons (Fsp3) is 0.350. The molecule has 1 saturated heterocycles. The first kappa shape index (κ1) is 16.7. The Morgan fingerprint density at radius 1 is 1.23 bits per heavy atom. The summed E-state index contributed by atoms with van der Waals surface area (Å²) in [5.74, 6) is -0.0700. The molecule has 1 aliphatic rings. The summed E-state index contributed by atoms with van der Waals surface area (Å²) in [6.07, 6.45) is 6.34. The molecule has 1 amide bonds. The number of carbonyl (C=O) groups is 1. The number of piperidine rings is 1. The van der Waals surface area contributed by atoms with E-state index in [0.717, 1.165) is 16.6 Å². The van der Waals surface area contributed by atoms with Gasteiger partial charge >= 0.3 is 0 Å². The van der Waals surface area contributed by atoms with Gasteiger partial charge in [0.15, 0.2) is 0 Å². The van der Waals surface area contributed by atoms with Crippen molar-refractivity contribution in [1.29, 1.82) is 0 Å². The number of nitrogens with zero attached hydrogens (tertiary/aromatic N) is 4. The van der Waals surface area contributed by atoms with Crippen LogP contribution in [-0.2, 0) is 6.54 Å². The molecule has 0 bridgehead atoms. The van der Waals surface area contributed by atoms with E-state index in [2.05, 4.69) is 20.6 Å². The van der Waals surface area contributed by atoms with Gasteiger partial charge in [-0.1, -0.05) is 6.07 Å². The highest BCUT2D eigenvalue weighted by atomic mass is 16.3. The third-order valence-corrected chi connectivity index (χ3v) is 5.23. The summed E-state index contributed by atoms with van der Waals surface area (Å²) < 4.78 is 2.12. The number of fused-ring (bicyclic) bond motifs is 1. The minimum Gasteiger partial charge on any atom is -0.388 e. The van der Waals surface area contributed by atoms with Gasteiger partial charge in [0, 0.05) is 36.6 Å². The van der Waals surface area contributed by atoms with Crippen molar-refractivity contribution in [3.8, 4) is 0 Å². The SMILES string of the molecule is Cc1cc2ccncc2n1CC1(O)CCN(C(=O)c2ccccn2)CC1. The summed E-state index contributed by atoms with van der Waals surface area (Å²) in [6.45, 7) is 3.62. The van der Waals surface area contributed by atoms with Gasteiger partial charge in [0.1, 0.15) is 5.69 Å². The lowest BCUT2D eigenvalue weighted by Crippen LogP contribution is -2.48. The van der Waals surface area contributed by atoms with E-state index < -0.39 is 5.60 Å². The van der Waals surface area contributed by atoms with Crippen LogP contribution >= 0.6 is 0 Å². The number of hydrogen-bond donors (Lipinski definition) is 1. The lowest BCUT2D eigenvalue weighted by molar-refractivity contribution is -0.0288. The predicted molar refractivity (Wildman–Crippen MR) is 98.8 cm³/mol. The van der Waals surface area contributed by atoms with Crippen molar-refractivity contribution < 1.29 is 9.90 Å². The molecule has 134 valence electrons. The number of aryl methyl sites for hydroxylation is 1. The van der Waals surface area contributed by atoms with Crippen molar-refractivity contribution >= 4 is 16.8 Å². The van der Waals surface area contributed by atoms with E-state index in [1.165, 1.54) is 0 Å². The third-order valence-electron chi connectivity index (χ3n) is 5.23. The molecule has 26 heavy (non-hydrogen) atoms. The summed E-state index contributed by atoms with van der Waals surface area (Å²) in [5, 5.41) is 12.2. The van der Waals surface area contributed by atoms with Crippen LogP contribution in [0.15, 0.2) is 48.9 Å². The number of likely N-dealkylation sites (tertiary alicyclic amines) is 1. The van der Waals surface area contributed by atoms with Gasteiger partial charge < -0.3 is 14.6 Å². The molecule has 1 aliphatic heterocycles. The summed E-state index contributed by atoms with van der Waals surface area (Å²) >= 11 is 0. The van der Waals surface area contributed by atoms with Crippen LogP contribution in [0.3, 0.4) is 0 Å². The Labute approximate surface area is 152 Å². The first-order valence-corrected chi connectivity index (χ1v) is 8.88. The lowest BCUT2D eigenvalue weighted by Gasteiger charge is -2.38. The monoisotopic (exact) mass is 350 g/mol. The average molecular weight is 350 g/mol. The van der Waals surface area contributed by atoms with Gasteiger partial charge in [0.05, 0.1) is 23.9 Å². The van der Waals surface area contributed by atoms with E-state index in [9.17, 15) is 9.90 Å². The van der Waals surface area contributed by atoms with Crippen LogP contribution in [0.5, 0.6) is 0 Å². The van der Waals surface area contributed by atoms with Crippen LogP contribution in [0.4, 0.5) is 0 Å². The summed E-state index contributed by atoms with van der Waals surface area (Å²) in [6, 6.07) is 9.43. The van der Waals surface area contributed by atoms with Crippen LogP contribution in [-0.4, -0.2) is 49.1 Å². The highest BCUT2D eigenvalue weighted by molar-refractivity contribution is 5.92. The minimum atomic E-state index is -0.826. The minimum absolute atomic E-state index is 0.0700. The second-order valence-electron chi connectivity index (χ2n) is 7.04. The zero-order chi connectivity index (χ0) is 18.1. The van der Waals surface area contributed by atoms with Gasteiger partial charge in [-0.15, -0.1) is 0 Å². The standard InChI is InChI=1S/C20H22N4O2/c1-15-12-16-5-9-21-13-18(16)24(15)14-20(26)6-10-23(11-7-20)19(25)17-4-2-3-8-22-17/h2-5,8-9,12-13,26H,6-7,10-11,14H2,1H3. The molecule has 3 aromatic rings. The fourth-order valence-corrected chi connectivity index (χ4v) is 3.68. The number of carbonyl (C=O) groups excluding carboxylic acids is 1. The van der Waals surface area contributed by atoms with Crippen molar-refractivity contribution in [2.75, 3.05) is 13.1 Å². The Morgan fingerprint density at radius 3 is 2.77 bits per heavy atom. The molecule has 0 spiro atoms. The van der Waals surface area contributed by atoms with E-state index in [1.807, 2.05) is 25.3 Å². The summed E-state index contributed by atoms with van der Waals surface area (Å²) in [5.41, 5.74) is 1.77. The number of aliphatic hydroxyl groups is 1. The number of hydrogen-bond acceptors (Lipinski definition) is 4. The largest absolute Gasteiger partial charge is 0.388 e. The highest BCUT2D eigenvalue weighted by Gasteiger charge is 2.35. The maximum atomic E-state index is 12.5. The second-order valence-corrected chi connectivity index (χ2v) is 7.04. The Hall–Kier alpha value is -2.73. The lowest BCUT2D eigenvalue weighted by atomic mass is 9.91. The highest BCUT2D eigenvalue weighted by Crippen LogP contribution is 2.28. The van der Waals surface area contributed by atoms with E-state index >= 15 is 0 Å². The molecule has 0 aliphatic carbocycles. The number of pyridine rings is 2. The zero-order valence-corrected chi connectivity index (χ0v) is 14.8. The molecule has 0 radical (unpaired) electrons. The van der Waals surface area contributed by atoms with Gasteiger partial charge in [-0.2, -0.15) is 0 Å². The van der Waals surface area contributed by atoms with Gasteiger partial charge in [0.25, 0.3) is 5.91 Å². The smallest absolute Gasteiger partial charge is 0.272 e. The fourth-order valence-electron chi connectivity index (χ4n) is 3.68. The first-order valence-electron chi connectivity index (χ1n) is 8.88. The van der Waals surface area contributed by atoms with Crippen molar-refractivity contribution in [2.24, 2.45) is 0 Å². The van der Waals surface area contributed by atoms with Gasteiger partial charge in [0.2, 0.25) is 0 Å². The van der Waals surface area contributed by atoms with Crippen LogP contribution in [0, 0.1) is 6.92 Å². The molecule has 0 aromatic carbocycles. The molecule has 0 unspecified atom stereocenters. The molecule has 0 saturated carbocycles.